The number of ether oxygens (including phenoxy) is 1. The minimum absolute atomic E-state index is 0.662. The number of nitrogens with zero attached hydrogens (tertiary/aromatic N) is 1. The molecule has 0 aliphatic heterocycles. The van der Waals surface area contributed by atoms with Gasteiger partial charge in [-0.2, -0.15) is 0 Å². The number of hydrogen-bond acceptors (Lipinski definition) is 2. The Kier molecular flexibility index (Phi) is 2.37. The van der Waals surface area contributed by atoms with E-state index in [1.165, 1.54) is 0 Å². The highest BCUT2D eigenvalue weighted by Gasteiger charge is 2.03. The third-order valence-corrected chi connectivity index (χ3v) is 2.31. The normalized spacial score (nSPS) is 10.1. The van der Waals surface area contributed by atoms with Gasteiger partial charge in [-0.3, -0.25) is 4.57 Å². The van der Waals surface area contributed by atoms with E-state index in [1.54, 1.807) is 13.3 Å². The quantitative estimate of drug-likeness (QED) is 0.765. The van der Waals surface area contributed by atoms with Gasteiger partial charge in [0.15, 0.2) is 4.77 Å². The second-order valence-corrected chi connectivity index (χ2v) is 3.19. The van der Waals surface area contributed by atoms with Crippen LogP contribution in [-0.2, 0) is 0 Å². The second kappa shape index (κ2) is 3.67. The van der Waals surface area contributed by atoms with Gasteiger partial charge < -0.3 is 9.72 Å². The van der Waals surface area contributed by atoms with E-state index in [-0.39, 0.29) is 0 Å². The van der Waals surface area contributed by atoms with Gasteiger partial charge in [-0.05, 0) is 24.4 Å². The average molecular weight is 206 g/mol. The van der Waals surface area contributed by atoms with Gasteiger partial charge in [0.1, 0.15) is 5.75 Å². The summed E-state index contributed by atoms with van der Waals surface area (Å²) in [5.74, 6) is 0.809. The standard InChI is InChI=1S/C10H10N2OS/c1-13-9-5-3-2-4-8(9)12-7-6-11-10(12)14/h2-7H,1H3,(H,11,14). The lowest BCUT2D eigenvalue weighted by molar-refractivity contribution is 0.413. The first kappa shape index (κ1) is 9.02. The zero-order valence-electron chi connectivity index (χ0n) is 7.73. The van der Waals surface area contributed by atoms with Gasteiger partial charge in [0.25, 0.3) is 0 Å². The molecular formula is C10H10N2OS. The summed E-state index contributed by atoms with van der Waals surface area (Å²) in [7, 11) is 1.65. The van der Waals surface area contributed by atoms with Crippen molar-refractivity contribution in [1.29, 1.82) is 0 Å². The minimum atomic E-state index is 0.662. The number of hydrogen-bond donors (Lipinski definition) is 1. The van der Waals surface area contributed by atoms with E-state index in [0.717, 1.165) is 11.4 Å². The van der Waals surface area contributed by atoms with Gasteiger partial charge in [-0.15, -0.1) is 0 Å². The molecular weight excluding hydrogens is 196 g/mol. The lowest BCUT2D eigenvalue weighted by atomic mass is 10.3. The largest absolute Gasteiger partial charge is 0.495 e. The van der Waals surface area contributed by atoms with Crippen molar-refractivity contribution in [3.8, 4) is 11.4 Å². The van der Waals surface area contributed by atoms with Crippen molar-refractivity contribution in [3.63, 3.8) is 0 Å². The Morgan fingerprint density at radius 3 is 2.79 bits per heavy atom. The third-order valence-electron chi connectivity index (χ3n) is 1.99. The number of para-hydroxylation sites is 2. The molecule has 4 heteroatoms. The lowest BCUT2D eigenvalue weighted by Gasteiger charge is -2.07. The van der Waals surface area contributed by atoms with Crippen molar-refractivity contribution in [3.05, 3.63) is 41.4 Å². The second-order valence-electron chi connectivity index (χ2n) is 2.81. The predicted octanol–water partition coefficient (Wildman–Crippen LogP) is 2.54. The monoisotopic (exact) mass is 206 g/mol. The van der Waals surface area contributed by atoms with Crippen molar-refractivity contribution in [2.24, 2.45) is 0 Å². The number of nitrogens with one attached hydrogen (secondary N) is 1. The van der Waals surface area contributed by atoms with E-state index < -0.39 is 0 Å². The van der Waals surface area contributed by atoms with Gasteiger partial charge in [0.05, 0.1) is 12.8 Å². The van der Waals surface area contributed by atoms with E-state index >= 15 is 0 Å². The lowest BCUT2D eigenvalue weighted by Crippen LogP contribution is -1.96. The molecule has 0 saturated heterocycles. The van der Waals surface area contributed by atoms with E-state index in [1.807, 2.05) is 35.0 Å². The Morgan fingerprint density at radius 1 is 1.36 bits per heavy atom. The molecule has 1 aromatic carbocycles. The van der Waals surface area contributed by atoms with Crippen molar-refractivity contribution in [1.82, 2.24) is 9.55 Å². The number of aromatic nitrogens is 2. The number of imidazole rings is 1. The molecule has 1 aromatic heterocycles. The van der Waals surface area contributed by atoms with E-state index in [2.05, 4.69) is 4.98 Å². The topological polar surface area (TPSA) is 29.9 Å². The first-order chi connectivity index (χ1) is 6.83. The summed E-state index contributed by atoms with van der Waals surface area (Å²) in [5, 5.41) is 0. The molecule has 14 heavy (non-hydrogen) atoms. The Morgan fingerprint density at radius 2 is 2.14 bits per heavy atom. The molecule has 1 heterocycles. The third kappa shape index (κ3) is 1.44. The van der Waals surface area contributed by atoms with E-state index in [4.69, 9.17) is 17.0 Å². The summed E-state index contributed by atoms with van der Waals surface area (Å²) in [6.07, 6.45) is 3.68. The molecule has 72 valence electrons. The van der Waals surface area contributed by atoms with Crippen LogP contribution in [0.25, 0.3) is 5.69 Å². The van der Waals surface area contributed by atoms with Crippen LogP contribution in [0.1, 0.15) is 0 Å². The Bertz CT molecular complexity index is 487. The van der Waals surface area contributed by atoms with Crippen LogP contribution in [-0.4, -0.2) is 16.7 Å². The van der Waals surface area contributed by atoms with Gasteiger partial charge in [-0.25, -0.2) is 0 Å². The van der Waals surface area contributed by atoms with Crippen LogP contribution in [0.3, 0.4) is 0 Å². The maximum Gasteiger partial charge on any atom is 0.181 e. The SMILES string of the molecule is COc1ccccc1-n1cc[nH]c1=S. The summed E-state index contributed by atoms with van der Waals surface area (Å²) in [5.41, 5.74) is 0.946. The molecule has 2 rings (SSSR count). The summed E-state index contributed by atoms with van der Waals surface area (Å²) in [4.78, 5) is 2.94. The first-order valence-electron chi connectivity index (χ1n) is 4.22. The van der Waals surface area contributed by atoms with Crippen LogP contribution in [0.2, 0.25) is 0 Å². The fourth-order valence-electron chi connectivity index (χ4n) is 1.34. The summed E-state index contributed by atoms with van der Waals surface area (Å²) in [6, 6.07) is 7.75. The zero-order chi connectivity index (χ0) is 9.97. The minimum Gasteiger partial charge on any atom is -0.495 e. The molecule has 2 aromatic rings. The summed E-state index contributed by atoms with van der Waals surface area (Å²) >= 11 is 5.13. The molecule has 0 saturated carbocycles. The molecule has 3 nitrogen and oxygen atoms in total. The van der Waals surface area contributed by atoms with Crippen molar-refractivity contribution < 1.29 is 4.74 Å². The van der Waals surface area contributed by atoms with E-state index in [9.17, 15) is 0 Å². The fraction of sp³-hybridized carbons (Fsp3) is 0.100. The highest BCUT2D eigenvalue weighted by Crippen LogP contribution is 2.21. The molecule has 0 aliphatic rings. The van der Waals surface area contributed by atoms with Crippen LogP contribution in [0.4, 0.5) is 0 Å². The molecule has 0 unspecified atom stereocenters. The smallest absolute Gasteiger partial charge is 0.181 e. The number of aromatic amines is 1. The fourth-order valence-corrected chi connectivity index (χ4v) is 1.57. The highest BCUT2D eigenvalue weighted by atomic mass is 32.1. The molecule has 0 spiro atoms. The van der Waals surface area contributed by atoms with Crippen molar-refractivity contribution in [2.45, 2.75) is 0 Å². The molecule has 0 amide bonds. The molecule has 0 fully saturated rings. The van der Waals surface area contributed by atoms with Crippen LogP contribution in [0, 0.1) is 4.77 Å². The summed E-state index contributed by atoms with van der Waals surface area (Å²) < 4.78 is 7.77. The number of benzene rings is 1. The van der Waals surface area contributed by atoms with Gasteiger partial charge >= 0.3 is 0 Å². The predicted molar refractivity (Wildman–Crippen MR) is 57.5 cm³/mol. The Hall–Kier alpha value is -1.55. The maximum absolute atomic E-state index is 5.24. The maximum atomic E-state index is 5.24. The average Bonchev–Trinajstić information content (AvgIpc) is 2.64. The van der Waals surface area contributed by atoms with Gasteiger partial charge in [0.2, 0.25) is 0 Å². The Labute approximate surface area is 87.0 Å². The summed E-state index contributed by atoms with van der Waals surface area (Å²) in [6.45, 7) is 0. The molecule has 0 aliphatic carbocycles. The van der Waals surface area contributed by atoms with Crippen LogP contribution >= 0.6 is 12.2 Å². The molecule has 1 N–H and O–H groups in total. The molecule has 0 bridgehead atoms. The van der Waals surface area contributed by atoms with Gasteiger partial charge in [-0.1, -0.05) is 12.1 Å². The highest BCUT2D eigenvalue weighted by molar-refractivity contribution is 7.71. The molecule has 0 atom stereocenters. The van der Waals surface area contributed by atoms with E-state index in [0.29, 0.717) is 4.77 Å². The van der Waals surface area contributed by atoms with Crippen LogP contribution in [0.5, 0.6) is 5.75 Å². The zero-order valence-corrected chi connectivity index (χ0v) is 8.54. The molecule has 0 radical (unpaired) electrons. The van der Waals surface area contributed by atoms with Crippen molar-refractivity contribution >= 4 is 12.2 Å². The van der Waals surface area contributed by atoms with Crippen LogP contribution < -0.4 is 4.74 Å². The first-order valence-corrected chi connectivity index (χ1v) is 4.63. The Balaban J connectivity index is 2.62. The van der Waals surface area contributed by atoms with Crippen LogP contribution in [0.15, 0.2) is 36.7 Å². The number of methoxy groups -OCH3 is 1. The van der Waals surface area contributed by atoms with Crippen molar-refractivity contribution in [2.75, 3.05) is 7.11 Å². The number of rotatable bonds is 2. The number of H-pyrrole nitrogens is 1. The van der Waals surface area contributed by atoms with Gasteiger partial charge in [0, 0.05) is 12.4 Å².